The van der Waals surface area contributed by atoms with Crippen LogP contribution in [-0.4, -0.2) is 58.9 Å². The summed E-state index contributed by atoms with van der Waals surface area (Å²) in [7, 11) is 0. The van der Waals surface area contributed by atoms with E-state index in [-0.39, 0.29) is 16.9 Å². The number of aromatic nitrogens is 3. The Morgan fingerprint density at radius 1 is 1.34 bits per heavy atom. The van der Waals surface area contributed by atoms with Crippen LogP contribution in [0.15, 0.2) is 29.2 Å². The van der Waals surface area contributed by atoms with Gasteiger partial charge in [-0.3, -0.25) is 19.5 Å². The van der Waals surface area contributed by atoms with Crippen LogP contribution in [0.2, 0.25) is 0 Å². The number of nitrogens with zero attached hydrogens (tertiary/aromatic N) is 4. The Balaban J connectivity index is 1.40. The van der Waals surface area contributed by atoms with Gasteiger partial charge in [-0.15, -0.1) is 0 Å². The summed E-state index contributed by atoms with van der Waals surface area (Å²) in [4.78, 5) is 39.1. The molecule has 0 atom stereocenters. The van der Waals surface area contributed by atoms with Crippen LogP contribution in [0.25, 0.3) is 11.0 Å². The summed E-state index contributed by atoms with van der Waals surface area (Å²) < 4.78 is 35.9. The molecule has 3 aromatic heterocycles. The number of fused-ring (bicyclic) bond motifs is 1. The van der Waals surface area contributed by atoms with Crippen molar-refractivity contribution in [3.63, 3.8) is 0 Å². The Labute approximate surface area is 188 Å². The second-order valence-corrected chi connectivity index (χ2v) is 7.66. The second-order valence-electron chi connectivity index (χ2n) is 7.66. The fraction of sp³-hybridized carbons (Fsp3) is 0.364. The van der Waals surface area contributed by atoms with E-state index in [1.807, 2.05) is 17.9 Å². The molecule has 0 aromatic carbocycles. The summed E-state index contributed by atoms with van der Waals surface area (Å²) in [5.74, 6) is -1.79. The van der Waals surface area contributed by atoms with Gasteiger partial charge < -0.3 is 20.9 Å². The van der Waals surface area contributed by atoms with Gasteiger partial charge in [0.15, 0.2) is 0 Å². The lowest BCUT2D eigenvalue weighted by molar-refractivity contribution is 0.0957. The average Bonchev–Trinajstić information content (AvgIpc) is 2.78. The van der Waals surface area contributed by atoms with Crippen LogP contribution in [0.1, 0.15) is 32.7 Å². The molecule has 0 aliphatic carbocycles. The van der Waals surface area contributed by atoms with Crippen molar-refractivity contribution in [3.8, 4) is 0 Å². The topological polar surface area (TPSA) is 120 Å². The minimum Gasteiger partial charge on any atom is -0.397 e. The van der Waals surface area contributed by atoms with E-state index in [2.05, 4.69) is 19.9 Å². The van der Waals surface area contributed by atoms with Gasteiger partial charge in [0.1, 0.15) is 11.2 Å². The molecule has 0 saturated carbocycles. The maximum absolute atomic E-state index is 14.6. The van der Waals surface area contributed by atoms with Gasteiger partial charge in [-0.25, -0.2) is 4.98 Å². The number of amides is 1. The normalized spacial score (nSPS) is 16.4. The molecule has 1 aliphatic rings. The van der Waals surface area contributed by atoms with Crippen molar-refractivity contribution in [2.75, 3.05) is 43.8 Å². The van der Waals surface area contributed by atoms with Gasteiger partial charge in [-0.05, 0) is 30.2 Å². The van der Waals surface area contributed by atoms with Crippen molar-refractivity contribution in [3.05, 3.63) is 57.5 Å². The van der Waals surface area contributed by atoms with E-state index in [1.165, 1.54) is 12.1 Å². The molecule has 1 amide bonds. The minimum atomic E-state index is -2.68. The predicted molar refractivity (Wildman–Crippen MR) is 121 cm³/mol. The summed E-state index contributed by atoms with van der Waals surface area (Å²) in [6.45, 7) is 2.15. The molecular formula is C22H26FN7O2. The van der Waals surface area contributed by atoms with E-state index in [0.29, 0.717) is 61.4 Å². The number of nitrogen functional groups attached to an aromatic ring is 1. The zero-order chi connectivity index (χ0) is 25.3. The smallest absolute Gasteiger partial charge is 0.269 e. The van der Waals surface area contributed by atoms with Gasteiger partial charge >= 0.3 is 0 Å². The van der Waals surface area contributed by atoms with Gasteiger partial charge in [-0.1, -0.05) is 6.92 Å². The van der Waals surface area contributed by atoms with Gasteiger partial charge in [-0.2, -0.15) is 4.39 Å². The molecule has 4 N–H and O–H groups in total. The number of hydrogen-bond donors (Lipinski definition) is 3. The predicted octanol–water partition coefficient (Wildman–Crippen LogP) is 1.28. The molecule has 1 saturated heterocycles. The lowest BCUT2D eigenvalue weighted by Gasteiger charge is -2.36. The van der Waals surface area contributed by atoms with E-state index in [0.717, 1.165) is 5.56 Å². The molecule has 168 valence electrons. The van der Waals surface area contributed by atoms with Crippen molar-refractivity contribution >= 4 is 28.3 Å². The lowest BCUT2D eigenvalue weighted by atomic mass is 10.1. The monoisotopic (exact) mass is 442 g/mol. The van der Waals surface area contributed by atoms with E-state index in [4.69, 9.17) is 9.85 Å². The third-order valence-corrected chi connectivity index (χ3v) is 5.69. The molecule has 9 nitrogen and oxygen atoms in total. The van der Waals surface area contributed by atoms with Crippen molar-refractivity contribution in [2.24, 2.45) is 0 Å². The summed E-state index contributed by atoms with van der Waals surface area (Å²) >= 11 is 0. The number of H-pyrrole nitrogens is 1. The maximum Gasteiger partial charge on any atom is 0.269 e. The Morgan fingerprint density at radius 2 is 2.12 bits per heavy atom. The molecule has 32 heavy (non-hydrogen) atoms. The van der Waals surface area contributed by atoms with E-state index in [9.17, 15) is 14.0 Å². The number of piperazine rings is 1. The Bertz CT molecular complexity index is 1320. The van der Waals surface area contributed by atoms with Crippen LogP contribution in [0.4, 0.5) is 15.8 Å². The largest absolute Gasteiger partial charge is 0.397 e. The van der Waals surface area contributed by atoms with Crippen LogP contribution in [-0.2, 0) is 13.0 Å². The Morgan fingerprint density at radius 3 is 2.81 bits per heavy atom. The number of halogens is 1. The highest BCUT2D eigenvalue weighted by atomic mass is 19.1. The van der Waals surface area contributed by atoms with Gasteiger partial charge in [0, 0.05) is 55.6 Å². The number of pyridine rings is 3. The molecule has 0 bridgehead atoms. The zero-order valence-electron chi connectivity index (χ0n) is 20.6. The van der Waals surface area contributed by atoms with E-state index >= 15 is 0 Å². The molecule has 1 aliphatic heterocycles. The number of nitrogens with two attached hydrogens (primary N) is 1. The molecule has 0 spiro atoms. The standard InChI is InChI=1S/C22H26FN7O2/c1-3-14-18(24)19-16(28-21(14)31)10-13(11-26-19)12-29-6-8-30(9-7-29)17-5-4-15(22(32)25-2)27-20(17)23/h4-5,10-11H,3,6-9,12H2,1-2H3,(H,25,32)(H3,24,28,31)/i2D3. The quantitative estimate of drug-likeness (QED) is 0.509. The van der Waals surface area contributed by atoms with Crippen molar-refractivity contribution < 1.29 is 13.3 Å². The van der Waals surface area contributed by atoms with Gasteiger partial charge in [0.05, 0.1) is 16.9 Å². The molecule has 4 rings (SSSR count). The first kappa shape index (κ1) is 18.1. The molecule has 4 heterocycles. The molecule has 0 radical (unpaired) electrons. The van der Waals surface area contributed by atoms with Gasteiger partial charge in [0.2, 0.25) is 5.95 Å². The third-order valence-electron chi connectivity index (χ3n) is 5.69. The minimum absolute atomic E-state index is 0.206. The highest BCUT2D eigenvalue weighted by Gasteiger charge is 2.21. The van der Waals surface area contributed by atoms with Crippen LogP contribution in [0.3, 0.4) is 0 Å². The highest BCUT2D eigenvalue weighted by molar-refractivity contribution is 5.92. The number of carbonyl (C=O) groups excluding carboxylic acids is 1. The number of rotatable bonds is 5. The van der Waals surface area contributed by atoms with Crippen LogP contribution < -0.4 is 21.5 Å². The van der Waals surface area contributed by atoms with Crippen LogP contribution in [0.5, 0.6) is 0 Å². The van der Waals surface area contributed by atoms with Crippen LogP contribution in [0, 0.1) is 5.95 Å². The average molecular weight is 443 g/mol. The lowest BCUT2D eigenvalue weighted by Crippen LogP contribution is -2.46. The van der Waals surface area contributed by atoms with Crippen molar-refractivity contribution in [1.82, 2.24) is 25.2 Å². The summed E-state index contributed by atoms with van der Waals surface area (Å²) in [5.41, 5.74) is 8.89. The highest BCUT2D eigenvalue weighted by Crippen LogP contribution is 2.22. The molecular weight excluding hydrogens is 413 g/mol. The first-order chi connectivity index (χ1) is 16.6. The molecule has 10 heteroatoms. The molecule has 1 fully saturated rings. The summed E-state index contributed by atoms with van der Waals surface area (Å²) in [6.07, 6.45) is 2.27. The van der Waals surface area contributed by atoms with Crippen molar-refractivity contribution in [2.45, 2.75) is 19.9 Å². The summed E-state index contributed by atoms with van der Waals surface area (Å²) in [5, 5.41) is 1.79. The van der Waals surface area contributed by atoms with Crippen LogP contribution >= 0.6 is 0 Å². The zero-order valence-corrected chi connectivity index (χ0v) is 17.6. The number of aromatic amines is 1. The number of carbonyl (C=O) groups is 1. The van der Waals surface area contributed by atoms with E-state index < -0.39 is 18.8 Å². The van der Waals surface area contributed by atoms with Gasteiger partial charge in [0.25, 0.3) is 11.5 Å². The third kappa shape index (κ3) is 4.13. The fourth-order valence-electron chi connectivity index (χ4n) is 3.98. The summed E-state index contributed by atoms with van der Waals surface area (Å²) in [6, 6.07) is 4.62. The number of hydrogen-bond acceptors (Lipinski definition) is 7. The first-order valence-corrected chi connectivity index (χ1v) is 10.3. The number of anilines is 2. The number of nitrogens with one attached hydrogen (secondary N) is 2. The Hall–Kier alpha value is -3.53. The molecule has 0 unspecified atom stereocenters. The second kappa shape index (κ2) is 8.91. The Kier molecular flexibility index (Phi) is 5.04. The fourth-order valence-corrected chi connectivity index (χ4v) is 3.98. The molecule has 3 aromatic rings. The van der Waals surface area contributed by atoms with Crippen molar-refractivity contribution in [1.29, 1.82) is 0 Å². The maximum atomic E-state index is 14.6. The SMILES string of the molecule is [2H]C([2H])([2H])NC(=O)c1ccc(N2CCN(Cc3cnc4c(N)c(CC)c(=O)[nH]c4c3)CC2)c(F)n1. The van der Waals surface area contributed by atoms with E-state index in [1.54, 1.807) is 11.5 Å². The first-order valence-electron chi connectivity index (χ1n) is 11.8.